The first-order valence-corrected chi connectivity index (χ1v) is 4.30. The molecular formula is C10H10FNO2. The molecule has 0 bridgehead atoms. The van der Waals surface area contributed by atoms with Crippen molar-refractivity contribution in [3.05, 3.63) is 41.7 Å². The highest BCUT2D eigenvalue weighted by atomic mass is 19.1. The summed E-state index contributed by atoms with van der Waals surface area (Å²) in [4.78, 5) is 5.01. The van der Waals surface area contributed by atoms with Crippen molar-refractivity contribution in [2.45, 2.75) is 6.10 Å². The van der Waals surface area contributed by atoms with Gasteiger partial charge in [-0.25, -0.2) is 4.39 Å². The Balaban J connectivity index is 2.20. The molecule has 1 aliphatic rings. The van der Waals surface area contributed by atoms with Crippen LogP contribution in [0.3, 0.4) is 0 Å². The first-order chi connectivity index (χ1) is 6.79. The third-order valence-electron chi connectivity index (χ3n) is 2.01. The van der Waals surface area contributed by atoms with Crippen molar-refractivity contribution in [3.63, 3.8) is 0 Å². The van der Waals surface area contributed by atoms with Gasteiger partial charge in [0.15, 0.2) is 0 Å². The van der Waals surface area contributed by atoms with Gasteiger partial charge < -0.3 is 5.11 Å². The van der Waals surface area contributed by atoms with E-state index in [-0.39, 0.29) is 18.5 Å². The molecule has 1 unspecified atom stereocenters. The van der Waals surface area contributed by atoms with Gasteiger partial charge in [-0.1, -0.05) is 0 Å². The van der Waals surface area contributed by atoms with Crippen LogP contribution < -0.4 is 5.48 Å². The predicted molar refractivity (Wildman–Crippen MR) is 49.5 cm³/mol. The van der Waals surface area contributed by atoms with Crippen LogP contribution in [0, 0.1) is 5.82 Å². The van der Waals surface area contributed by atoms with Crippen LogP contribution >= 0.6 is 0 Å². The Hall–Kier alpha value is -1.39. The molecule has 0 saturated carbocycles. The van der Waals surface area contributed by atoms with Gasteiger partial charge in [0.25, 0.3) is 0 Å². The second kappa shape index (κ2) is 3.77. The highest BCUT2D eigenvalue weighted by molar-refractivity contribution is 5.64. The van der Waals surface area contributed by atoms with Gasteiger partial charge in [-0.15, -0.1) is 0 Å². The van der Waals surface area contributed by atoms with E-state index in [4.69, 9.17) is 9.94 Å². The highest BCUT2D eigenvalue weighted by Crippen LogP contribution is 2.18. The van der Waals surface area contributed by atoms with Gasteiger partial charge in [-0.3, -0.25) is 10.3 Å². The topological polar surface area (TPSA) is 41.5 Å². The Morgan fingerprint density at radius 2 is 2.07 bits per heavy atom. The second-order valence-corrected chi connectivity index (χ2v) is 3.03. The first-order valence-electron chi connectivity index (χ1n) is 4.30. The van der Waals surface area contributed by atoms with E-state index in [0.717, 1.165) is 11.3 Å². The molecule has 0 fully saturated rings. The molecule has 0 amide bonds. The molecule has 2 N–H and O–H groups in total. The Morgan fingerprint density at radius 1 is 1.36 bits per heavy atom. The van der Waals surface area contributed by atoms with Crippen LogP contribution in [-0.2, 0) is 4.84 Å². The standard InChI is InChI=1S/C10H10FNO2/c11-8-3-1-7(2-4-8)10-5-9(6-13)14-12-10/h1-5,9,12-13H,6H2. The Kier molecular flexibility index (Phi) is 2.47. The van der Waals surface area contributed by atoms with E-state index in [1.807, 2.05) is 0 Å². The summed E-state index contributed by atoms with van der Waals surface area (Å²) < 4.78 is 12.6. The molecule has 1 atom stereocenters. The van der Waals surface area contributed by atoms with Crippen LogP contribution in [0.5, 0.6) is 0 Å². The molecule has 3 nitrogen and oxygen atoms in total. The Bertz CT molecular complexity index is 348. The van der Waals surface area contributed by atoms with Crippen molar-refractivity contribution in [2.24, 2.45) is 0 Å². The van der Waals surface area contributed by atoms with E-state index in [1.54, 1.807) is 18.2 Å². The lowest BCUT2D eigenvalue weighted by atomic mass is 10.1. The minimum atomic E-state index is -0.324. The lowest BCUT2D eigenvalue weighted by Gasteiger charge is -2.03. The maximum Gasteiger partial charge on any atom is 0.129 e. The number of hydrogen-bond acceptors (Lipinski definition) is 3. The minimum absolute atomic E-state index is 0.0717. The largest absolute Gasteiger partial charge is 0.393 e. The van der Waals surface area contributed by atoms with Gasteiger partial charge in [0.1, 0.15) is 11.9 Å². The number of aliphatic hydroxyl groups is 1. The molecule has 74 valence electrons. The van der Waals surface area contributed by atoms with Gasteiger partial charge in [0.2, 0.25) is 0 Å². The third kappa shape index (κ3) is 1.76. The Morgan fingerprint density at radius 3 is 2.64 bits per heavy atom. The van der Waals surface area contributed by atoms with Crippen molar-refractivity contribution in [1.82, 2.24) is 5.48 Å². The minimum Gasteiger partial charge on any atom is -0.393 e. The van der Waals surface area contributed by atoms with E-state index < -0.39 is 0 Å². The van der Waals surface area contributed by atoms with Gasteiger partial charge in [-0.2, -0.15) is 0 Å². The third-order valence-corrected chi connectivity index (χ3v) is 2.01. The summed E-state index contributed by atoms with van der Waals surface area (Å²) in [6.07, 6.45) is 1.43. The maximum absolute atomic E-state index is 12.6. The fourth-order valence-corrected chi connectivity index (χ4v) is 1.27. The monoisotopic (exact) mass is 195 g/mol. The van der Waals surface area contributed by atoms with Crippen molar-refractivity contribution >= 4 is 5.70 Å². The molecule has 0 radical (unpaired) electrons. The number of hydroxylamine groups is 1. The van der Waals surface area contributed by atoms with Gasteiger partial charge in [-0.05, 0) is 35.9 Å². The predicted octanol–water partition coefficient (Wildman–Crippen LogP) is 1.06. The fraction of sp³-hybridized carbons (Fsp3) is 0.200. The molecule has 0 saturated heterocycles. The summed E-state index contributed by atoms with van der Waals surface area (Å²) in [5.41, 5.74) is 4.26. The van der Waals surface area contributed by atoms with Crippen molar-refractivity contribution in [3.8, 4) is 0 Å². The molecule has 0 spiro atoms. The summed E-state index contributed by atoms with van der Waals surface area (Å²) in [6.45, 7) is -0.0717. The molecule has 14 heavy (non-hydrogen) atoms. The zero-order valence-corrected chi connectivity index (χ0v) is 7.40. The molecular weight excluding hydrogens is 185 g/mol. The van der Waals surface area contributed by atoms with E-state index in [1.165, 1.54) is 12.1 Å². The normalized spacial score (nSPS) is 20.4. The molecule has 1 heterocycles. The number of aliphatic hydroxyl groups excluding tert-OH is 1. The number of hydrogen-bond donors (Lipinski definition) is 2. The first kappa shape index (κ1) is 9.18. The molecule has 0 aromatic heterocycles. The molecule has 4 heteroatoms. The van der Waals surface area contributed by atoms with Crippen LogP contribution in [0.15, 0.2) is 30.3 Å². The maximum atomic E-state index is 12.6. The van der Waals surface area contributed by atoms with Crippen molar-refractivity contribution in [2.75, 3.05) is 6.61 Å². The van der Waals surface area contributed by atoms with Gasteiger partial charge in [0, 0.05) is 0 Å². The van der Waals surface area contributed by atoms with Crippen molar-refractivity contribution < 1.29 is 14.3 Å². The van der Waals surface area contributed by atoms with Gasteiger partial charge >= 0.3 is 0 Å². The Labute approximate surface area is 80.8 Å². The molecule has 1 aromatic rings. The van der Waals surface area contributed by atoms with Gasteiger partial charge in [0.05, 0.1) is 12.3 Å². The average Bonchev–Trinajstić information content (AvgIpc) is 2.67. The summed E-state index contributed by atoms with van der Waals surface area (Å²) in [5, 5.41) is 8.81. The summed E-state index contributed by atoms with van der Waals surface area (Å²) in [5.74, 6) is -0.271. The van der Waals surface area contributed by atoms with Crippen LogP contribution in [0.1, 0.15) is 5.56 Å². The molecule has 0 aliphatic carbocycles. The number of nitrogens with one attached hydrogen (secondary N) is 1. The number of benzene rings is 1. The molecule has 1 aromatic carbocycles. The summed E-state index contributed by atoms with van der Waals surface area (Å²) in [6, 6.07) is 6.06. The summed E-state index contributed by atoms with van der Waals surface area (Å²) in [7, 11) is 0. The van der Waals surface area contributed by atoms with Crippen LogP contribution in [0.4, 0.5) is 4.39 Å². The number of halogens is 1. The lowest BCUT2D eigenvalue weighted by molar-refractivity contribution is 0.0173. The SMILES string of the molecule is OCC1C=C(c2ccc(F)cc2)NO1. The van der Waals surface area contributed by atoms with Crippen LogP contribution in [0.25, 0.3) is 5.70 Å². The smallest absolute Gasteiger partial charge is 0.129 e. The summed E-state index contributed by atoms with van der Waals surface area (Å²) >= 11 is 0. The number of rotatable bonds is 2. The molecule has 2 rings (SSSR count). The van der Waals surface area contributed by atoms with E-state index in [0.29, 0.717) is 0 Å². The zero-order valence-electron chi connectivity index (χ0n) is 7.40. The van der Waals surface area contributed by atoms with E-state index in [9.17, 15) is 4.39 Å². The van der Waals surface area contributed by atoms with Crippen LogP contribution in [0.2, 0.25) is 0 Å². The average molecular weight is 195 g/mol. The molecule has 1 aliphatic heterocycles. The van der Waals surface area contributed by atoms with E-state index >= 15 is 0 Å². The quantitative estimate of drug-likeness (QED) is 0.741. The second-order valence-electron chi connectivity index (χ2n) is 3.03. The highest BCUT2D eigenvalue weighted by Gasteiger charge is 2.15. The van der Waals surface area contributed by atoms with Crippen LogP contribution in [-0.4, -0.2) is 17.8 Å². The fourth-order valence-electron chi connectivity index (χ4n) is 1.27. The van der Waals surface area contributed by atoms with Crippen molar-refractivity contribution in [1.29, 1.82) is 0 Å². The van der Waals surface area contributed by atoms with E-state index in [2.05, 4.69) is 5.48 Å². The zero-order chi connectivity index (χ0) is 9.97. The lowest BCUT2D eigenvalue weighted by Crippen LogP contribution is -2.15.